The minimum absolute atomic E-state index is 0.0543. The lowest BCUT2D eigenvalue weighted by Crippen LogP contribution is -2.49. The van der Waals surface area contributed by atoms with Gasteiger partial charge in [-0.2, -0.15) is 0 Å². The van der Waals surface area contributed by atoms with Crippen LogP contribution in [0.5, 0.6) is 11.5 Å². The highest BCUT2D eigenvalue weighted by Gasteiger charge is 2.32. The first-order valence-electron chi connectivity index (χ1n) is 6.59. The summed E-state index contributed by atoms with van der Waals surface area (Å²) in [5.74, 6) is 1.24. The van der Waals surface area contributed by atoms with Gasteiger partial charge in [0, 0.05) is 13.1 Å². The lowest BCUT2D eigenvalue weighted by atomic mass is 10.1. The molecule has 0 bridgehead atoms. The Morgan fingerprint density at radius 1 is 1.21 bits per heavy atom. The fourth-order valence-corrected chi connectivity index (χ4v) is 2.43. The molecule has 0 spiro atoms. The number of hydrogen-bond acceptors (Lipinski definition) is 4. The van der Waals surface area contributed by atoms with Gasteiger partial charge in [-0.3, -0.25) is 4.79 Å². The van der Waals surface area contributed by atoms with E-state index in [1.54, 1.807) is 11.0 Å². The number of piperidine rings is 1. The molecule has 1 fully saturated rings. The van der Waals surface area contributed by atoms with E-state index in [1.807, 2.05) is 18.2 Å². The van der Waals surface area contributed by atoms with Gasteiger partial charge in [-0.1, -0.05) is 12.1 Å². The summed E-state index contributed by atoms with van der Waals surface area (Å²) in [6, 6.07) is 7.35. The normalized spacial score (nSPS) is 23.2. The predicted molar refractivity (Wildman–Crippen MR) is 68.2 cm³/mol. The van der Waals surface area contributed by atoms with Crippen molar-refractivity contribution in [2.45, 2.75) is 25.0 Å². The molecule has 5 heteroatoms. The molecule has 1 atom stereocenters. The Labute approximate surface area is 111 Å². The summed E-state index contributed by atoms with van der Waals surface area (Å²) in [4.78, 5) is 14.1. The van der Waals surface area contributed by atoms with Gasteiger partial charge in [-0.25, -0.2) is 0 Å². The number of likely N-dealkylation sites (tertiary alicyclic amines) is 1. The predicted octanol–water partition coefficient (Wildman–Crippen LogP) is 0.810. The Balaban J connectivity index is 1.66. The van der Waals surface area contributed by atoms with Crippen molar-refractivity contribution in [3.05, 3.63) is 24.3 Å². The first kappa shape index (κ1) is 12.3. The third-order valence-electron chi connectivity index (χ3n) is 3.56. The van der Waals surface area contributed by atoms with Crippen molar-refractivity contribution < 1.29 is 19.4 Å². The first-order chi connectivity index (χ1) is 9.24. The molecule has 0 aromatic heterocycles. The number of amides is 1. The van der Waals surface area contributed by atoms with Crippen molar-refractivity contribution in [2.24, 2.45) is 0 Å². The minimum Gasteiger partial charge on any atom is -0.485 e. The SMILES string of the molecule is O=C([C@H]1COc2ccccc2O1)N1CCC(O)CC1. The summed E-state index contributed by atoms with van der Waals surface area (Å²) in [6.45, 7) is 1.41. The molecule has 0 aliphatic carbocycles. The maximum atomic E-state index is 12.3. The highest BCUT2D eigenvalue weighted by Crippen LogP contribution is 2.31. The summed E-state index contributed by atoms with van der Waals surface area (Å²) in [5, 5.41) is 9.46. The number of rotatable bonds is 1. The van der Waals surface area contributed by atoms with Gasteiger partial charge in [-0.05, 0) is 25.0 Å². The van der Waals surface area contributed by atoms with Gasteiger partial charge in [0.2, 0.25) is 6.10 Å². The van der Waals surface area contributed by atoms with Gasteiger partial charge >= 0.3 is 0 Å². The number of ether oxygens (including phenoxy) is 2. The number of para-hydroxylation sites is 2. The summed E-state index contributed by atoms with van der Waals surface area (Å²) < 4.78 is 11.2. The van der Waals surface area contributed by atoms with Gasteiger partial charge < -0.3 is 19.5 Å². The van der Waals surface area contributed by atoms with E-state index < -0.39 is 6.10 Å². The van der Waals surface area contributed by atoms with Crippen molar-refractivity contribution in [1.82, 2.24) is 4.90 Å². The summed E-state index contributed by atoms with van der Waals surface area (Å²) >= 11 is 0. The van der Waals surface area contributed by atoms with Gasteiger partial charge in [-0.15, -0.1) is 0 Å². The summed E-state index contributed by atoms with van der Waals surface area (Å²) in [5.41, 5.74) is 0. The number of carbonyl (C=O) groups is 1. The van der Waals surface area contributed by atoms with E-state index in [-0.39, 0.29) is 18.6 Å². The second-order valence-corrected chi connectivity index (χ2v) is 4.92. The van der Waals surface area contributed by atoms with E-state index in [1.165, 1.54) is 0 Å². The van der Waals surface area contributed by atoms with Crippen LogP contribution >= 0.6 is 0 Å². The molecule has 3 rings (SSSR count). The average molecular weight is 263 g/mol. The van der Waals surface area contributed by atoms with Gasteiger partial charge in [0.1, 0.15) is 6.61 Å². The zero-order chi connectivity index (χ0) is 13.2. The van der Waals surface area contributed by atoms with Crippen LogP contribution < -0.4 is 9.47 Å². The number of aliphatic hydroxyl groups excluding tert-OH is 1. The number of hydrogen-bond donors (Lipinski definition) is 1. The topological polar surface area (TPSA) is 59.0 Å². The molecule has 1 saturated heterocycles. The molecule has 1 aromatic carbocycles. The molecule has 1 N–H and O–H groups in total. The van der Waals surface area contributed by atoms with Gasteiger partial charge in [0.05, 0.1) is 6.10 Å². The molecular formula is C14H17NO4. The van der Waals surface area contributed by atoms with Crippen LogP contribution in [0.1, 0.15) is 12.8 Å². The Bertz CT molecular complexity index is 468. The van der Waals surface area contributed by atoms with Gasteiger partial charge in [0.25, 0.3) is 5.91 Å². The zero-order valence-corrected chi connectivity index (χ0v) is 10.6. The van der Waals surface area contributed by atoms with E-state index in [0.29, 0.717) is 37.4 Å². The van der Waals surface area contributed by atoms with Crippen molar-refractivity contribution in [3.63, 3.8) is 0 Å². The largest absolute Gasteiger partial charge is 0.485 e. The highest BCUT2D eigenvalue weighted by molar-refractivity contribution is 5.82. The Morgan fingerprint density at radius 2 is 1.89 bits per heavy atom. The van der Waals surface area contributed by atoms with Crippen molar-refractivity contribution in [2.75, 3.05) is 19.7 Å². The first-order valence-corrected chi connectivity index (χ1v) is 6.59. The molecule has 0 unspecified atom stereocenters. The Hall–Kier alpha value is -1.75. The Kier molecular flexibility index (Phi) is 3.29. The van der Waals surface area contributed by atoms with Crippen LogP contribution in [-0.2, 0) is 4.79 Å². The molecule has 0 radical (unpaired) electrons. The summed E-state index contributed by atoms with van der Waals surface area (Å²) in [6.07, 6.45) is 0.407. The number of nitrogens with zero attached hydrogens (tertiary/aromatic N) is 1. The molecule has 2 heterocycles. The lowest BCUT2D eigenvalue weighted by Gasteiger charge is -2.34. The van der Waals surface area contributed by atoms with E-state index in [2.05, 4.69) is 0 Å². The smallest absolute Gasteiger partial charge is 0.267 e. The molecule has 1 amide bonds. The van der Waals surface area contributed by atoms with E-state index in [4.69, 9.17) is 9.47 Å². The maximum absolute atomic E-state index is 12.3. The fraction of sp³-hybridized carbons (Fsp3) is 0.500. The van der Waals surface area contributed by atoms with Crippen molar-refractivity contribution in [1.29, 1.82) is 0 Å². The monoisotopic (exact) mass is 263 g/mol. The maximum Gasteiger partial charge on any atom is 0.267 e. The molecule has 0 saturated carbocycles. The summed E-state index contributed by atoms with van der Waals surface area (Å²) in [7, 11) is 0. The van der Waals surface area contributed by atoms with Crippen molar-refractivity contribution >= 4 is 5.91 Å². The van der Waals surface area contributed by atoms with Crippen LogP contribution in [0.2, 0.25) is 0 Å². The molecule has 19 heavy (non-hydrogen) atoms. The number of fused-ring (bicyclic) bond motifs is 1. The number of aliphatic hydroxyl groups is 1. The van der Waals surface area contributed by atoms with Crippen LogP contribution in [0.25, 0.3) is 0 Å². The number of carbonyl (C=O) groups excluding carboxylic acids is 1. The molecule has 5 nitrogen and oxygen atoms in total. The second kappa shape index (κ2) is 5.09. The molecule has 2 aliphatic rings. The van der Waals surface area contributed by atoms with E-state index in [0.717, 1.165) is 0 Å². The quantitative estimate of drug-likeness (QED) is 0.814. The van der Waals surface area contributed by atoms with Gasteiger partial charge in [0.15, 0.2) is 11.5 Å². The van der Waals surface area contributed by atoms with E-state index in [9.17, 15) is 9.90 Å². The van der Waals surface area contributed by atoms with Crippen molar-refractivity contribution in [3.8, 4) is 11.5 Å². The van der Waals surface area contributed by atoms with Crippen LogP contribution in [0, 0.1) is 0 Å². The fourth-order valence-electron chi connectivity index (χ4n) is 2.43. The molecule has 1 aromatic rings. The standard InChI is InChI=1S/C14H17NO4/c16-10-5-7-15(8-6-10)14(17)13-9-18-11-3-1-2-4-12(11)19-13/h1-4,10,13,16H,5-9H2/t13-/m1/s1. The third-order valence-corrected chi connectivity index (χ3v) is 3.56. The van der Waals surface area contributed by atoms with Crippen LogP contribution in [-0.4, -0.2) is 47.8 Å². The molecular weight excluding hydrogens is 246 g/mol. The Morgan fingerprint density at radius 3 is 2.63 bits per heavy atom. The van der Waals surface area contributed by atoms with Crippen LogP contribution in [0.4, 0.5) is 0 Å². The lowest BCUT2D eigenvalue weighted by molar-refractivity contribution is -0.143. The van der Waals surface area contributed by atoms with E-state index >= 15 is 0 Å². The van der Waals surface area contributed by atoms with Crippen LogP contribution in [0.3, 0.4) is 0 Å². The highest BCUT2D eigenvalue weighted by atomic mass is 16.6. The molecule has 2 aliphatic heterocycles. The zero-order valence-electron chi connectivity index (χ0n) is 10.6. The number of benzene rings is 1. The average Bonchev–Trinajstić information content (AvgIpc) is 2.47. The molecule has 102 valence electrons. The minimum atomic E-state index is -0.579. The second-order valence-electron chi connectivity index (χ2n) is 4.92. The third kappa shape index (κ3) is 2.51. The van der Waals surface area contributed by atoms with Crippen LogP contribution in [0.15, 0.2) is 24.3 Å².